The highest BCUT2D eigenvalue weighted by Crippen LogP contribution is 2.21. The van der Waals surface area contributed by atoms with Gasteiger partial charge in [-0.2, -0.15) is 0 Å². The van der Waals surface area contributed by atoms with Gasteiger partial charge < -0.3 is 5.11 Å². The van der Waals surface area contributed by atoms with E-state index in [1.807, 2.05) is 22.6 Å². The third-order valence-electron chi connectivity index (χ3n) is 1.46. The normalized spacial score (nSPS) is 13.0. The van der Waals surface area contributed by atoms with Crippen LogP contribution in [0.2, 0.25) is 0 Å². The van der Waals surface area contributed by atoms with Crippen molar-refractivity contribution < 1.29 is 13.9 Å². The lowest BCUT2D eigenvalue weighted by Gasteiger charge is -2.08. The molecule has 1 aromatic rings. The van der Waals surface area contributed by atoms with Gasteiger partial charge in [0, 0.05) is 3.57 Å². The molecule has 0 bridgehead atoms. The van der Waals surface area contributed by atoms with Crippen LogP contribution < -0.4 is 0 Å². The van der Waals surface area contributed by atoms with Crippen LogP contribution in [0.4, 0.5) is 8.78 Å². The van der Waals surface area contributed by atoms with Crippen LogP contribution in [0, 0.1) is 9.39 Å². The first-order valence-electron chi connectivity index (χ1n) is 3.34. The fourth-order valence-electron chi connectivity index (χ4n) is 0.853. The molecule has 4 heteroatoms. The second-order valence-corrected chi connectivity index (χ2v) is 3.50. The summed E-state index contributed by atoms with van der Waals surface area (Å²) in [7, 11) is 0. The third-order valence-corrected chi connectivity index (χ3v) is 2.45. The summed E-state index contributed by atoms with van der Waals surface area (Å²) in [5, 5.41) is 9.09. The van der Waals surface area contributed by atoms with E-state index in [1.165, 1.54) is 12.1 Å². The van der Waals surface area contributed by atoms with Gasteiger partial charge in [-0.25, -0.2) is 8.78 Å². The lowest BCUT2D eigenvalue weighted by Crippen LogP contribution is -2.02. The molecule has 1 N–H and O–H groups in total. The van der Waals surface area contributed by atoms with Crippen molar-refractivity contribution in [1.29, 1.82) is 0 Å². The summed E-state index contributed by atoms with van der Waals surface area (Å²) in [5.41, 5.74) is 0.304. The number of aliphatic hydroxyl groups excluding tert-OH is 1. The zero-order chi connectivity index (χ0) is 9.14. The highest BCUT2D eigenvalue weighted by Gasteiger charge is 2.11. The molecule has 1 nitrogen and oxygen atoms in total. The molecule has 0 aliphatic carbocycles. The third kappa shape index (κ3) is 2.13. The highest BCUT2D eigenvalue weighted by atomic mass is 127. The predicted octanol–water partition coefficient (Wildman–Crippen LogP) is 2.43. The molecule has 0 spiro atoms. The molecule has 0 aliphatic heterocycles. The van der Waals surface area contributed by atoms with Crippen LogP contribution in [-0.2, 0) is 0 Å². The first kappa shape index (κ1) is 9.85. The zero-order valence-electron chi connectivity index (χ0n) is 6.10. The lowest BCUT2D eigenvalue weighted by atomic mass is 10.1. The van der Waals surface area contributed by atoms with Crippen LogP contribution in [-0.4, -0.2) is 11.8 Å². The molecule has 0 unspecified atom stereocenters. The first-order valence-corrected chi connectivity index (χ1v) is 4.42. The quantitative estimate of drug-likeness (QED) is 0.827. The Morgan fingerprint density at radius 3 is 2.75 bits per heavy atom. The Hall–Kier alpha value is -0.230. The number of halogens is 3. The molecule has 1 atom stereocenters. The van der Waals surface area contributed by atoms with E-state index in [0.717, 1.165) is 6.07 Å². The monoisotopic (exact) mass is 284 g/mol. The second kappa shape index (κ2) is 4.13. The van der Waals surface area contributed by atoms with Crippen molar-refractivity contribution in [1.82, 2.24) is 0 Å². The van der Waals surface area contributed by atoms with E-state index in [2.05, 4.69) is 0 Å². The zero-order valence-corrected chi connectivity index (χ0v) is 8.26. The number of hydrogen-bond acceptors (Lipinski definition) is 1. The predicted molar refractivity (Wildman–Crippen MR) is 50.1 cm³/mol. The maximum absolute atomic E-state index is 12.6. The number of benzene rings is 1. The van der Waals surface area contributed by atoms with Gasteiger partial charge in [0.05, 0.1) is 0 Å². The van der Waals surface area contributed by atoms with Crippen LogP contribution in [0.1, 0.15) is 11.7 Å². The van der Waals surface area contributed by atoms with Gasteiger partial charge in [-0.3, -0.25) is 0 Å². The van der Waals surface area contributed by atoms with Crippen molar-refractivity contribution in [2.45, 2.75) is 6.10 Å². The minimum Gasteiger partial charge on any atom is -0.386 e. The fourth-order valence-corrected chi connectivity index (χ4v) is 1.55. The molecular weight excluding hydrogens is 277 g/mol. The Morgan fingerprint density at radius 2 is 2.17 bits per heavy atom. The van der Waals surface area contributed by atoms with Gasteiger partial charge in [0.25, 0.3) is 0 Å². The number of hydrogen-bond donors (Lipinski definition) is 1. The molecule has 1 rings (SSSR count). The van der Waals surface area contributed by atoms with Crippen LogP contribution >= 0.6 is 22.6 Å². The topological polar surface area (TPSA) is 20.2 Å². The molecule has 0 aliphatic rings. The molecule has 0 aromatic heterocycles. The van der Waals surface area contributed by atoms with Crippen molar-refractivity contribution in [3.05, 3.63) is 33.1 Å². The Kier molecular flexibility index (Phi) is 3.39. The molecule has 0 amide bonds. The standard InChI is InChI=1S/C8H7F2IO/c9-4-8(12)6-3-5(10)1-2-7(6)11/h1-3,8,12H,4H2/t8-/m1/s1. The molecular formula is C8H7F2IO. The summed E-state index contributed by atoms with van der Waals surface area (Å²) in [5.74, 6) is -0.460. The van der Waals surface area contributed by atoms with E-state index >= 15 is 0 Å². The van der Waals surface area contributed by atoms with Crippen LogP contribution in [0.5, 0.6) is 0 Å². The Labute approximate surface area is 82.5 Å². The smallest absolute Gasteiger partial charge is 0.123 e. The Morgan fingerprint density at radius 1 is 1.50 bits per heavy atom. The minimum atomic E-state index is -1.22. The molecule has 0 fully saturated rings. The van der Waals surface area contributed by atoms with E-state index in [-0.39, 0.29) is 0 Å². The summed E-state index contributed by atoms with van der Waals surface area (Å²) < 4.78 is 25.3. The van der Waals surface area contributed by atoms with Gasteiger partial charge in [0.15, 0.2) is 0 Å². The second-order valence-electron chi connectivity index (χ2n) is 2.34. The van der Waals surface area contributed by atoms with Crippen LogP contribution in [0.25, 0.3) is 0 Å². The molecule has 0 heterocycles. The van der Waals surface area contributed by atoms with E-state index in [0.29, 0.717) is 9.13 Å². The molecule has 0 saturated carbocycles. The largest absolute Gasteiger partial charge is 0.386 e. The molecule has 12 heavy (non-hydrogen) atoms. The lowest BCUT2D eigenvalue weighted by molar-refractivity contribution is 0.140. The van der Waals surface area contributed by atoms with E-state index in [4.69, 9.17) is 5.11 Å². The minimum absolute atomic E-state index is 0.304. The van der Waals surface area contributed by atoms with E-state index < -0.39 is 18.6 Å². The summed E-state index contributed by atoms with van der Waals surface area (Å²) in [6.45, 7) is -0.889. The van der Waals surface area contributed by atoms with E-state index in [9.17, 15) is 8.78 Å². The van der Waals surface area contributed by atoms with Crippen molar-refractivity contribution in [2.24, 2.45) is 0 Å². The van der Waals surface area contributed by atoms with Crippen molar-refractivity contribution in [3.8, 4) is 0 Å². The SMILES string of the molecule is O[C@H](CF)c1cc(F)ccc1I. The van der Waals surface area contributed by atoms with E-state index in [1.54, 1.807) is 0 Å². The molecule has 0 saturated heterocycles. The van der Waals surface area contributed by atoms with Gasteiger partial charge in [-0.1, -0.05) is 0 Å². The van der Waals surface area contributed by atoms with Crippen LogP contribution in [0.15, 0.2) is 18.2 Å². The maximum Gasteiger partial charge on any atom is 0.123 e. The van der Waals surface area contributed by atoms with Gasteiger partial charge in [0.2, 0.25) is 0 Å². The van der Waals surface area contributed by atoms with Crippen molar-refractivity contribution >= 4 is 22.6 Å². The highest BCUT2D eigenvalue weighted by molar-refractivity contribution is 14.1. The molecule has 1 aromatic carbocycles. The number of aliphatic hydroxyl groups is 1. The van der Waals surface area contributed by atoms with Gasteiger partial charge >= 0.3 is 0 Å². The van der Waals surface area contributed by atoms with Gasteiger partial charge in [-0.05, 0) is 46.4 Å². The van der Waals surface area contributed by atoms with Gasteiger partial charge in [0.1, 0.15) is 18.6 Å². The summed E-state index contributed by atoms with van der Waals surface area (Å²) in [6, 6.07) is 3.92. The Bertz CT molecular complexity index is 278. The summed E-state index contributed by atoms with van der Waals surface area (Å²) in [4.78, 5) is 0. The summed E-state index contributed by atoms with van der Waals surface area (Å²) in [6.07, 6.45) is -1.22. The van der Waals surface area contributed by atoms with Crippen molar-refractivity contribution in [2.75, 3.05) is 6.67 Å². The summed E-state index contributed by atoms with van der Waals surface area (Å²) >= 11 is 1.92. The van der Waals surface area contributed by atoms with Crippen LogP contribution in [0.3, 0.4) is 0 Å². The first-order chi connectivity index (χ1) is 5.65. The average molecular weight is 284 g/mol. The van der Waals surface area contributed by atoms with Gasteiger partial charge in [-0.15, -0.1) is 0 Å². The fraction of sp³-hybridized carbons (Fsp3) is 0.250. The Balaban J connectivity index is 3.04. The molecule has 66 valence electrons. The van der Waals surface area contributed by atoms with Crippen molar-refractivity contribution in [3.63, 3.8) is 0 Å². The number of alkyl halides is 1. The average Bonchev–Trinajstić information content (AvgIpc) is 2.08. The maximum atomic E-state index is 12.6. The molecule has 0 radical (unpaired) electrons. The number of rotatable bonds is 2.